The van der Waals surface area contributed by atoms with Gasteiger partial charge in [-0.3, -0.25) is 4.79 Å². The minimum atomic E-state index is -3.82. The molecule has 0 unspecified atom stereocenters. The summed E-state index contributed by atoms with van der Waals surface area (Å²) in [6.07, 6.45) is -0.291. The van der Waals surface area contributed by atoms with E-state index in [-0.39, 0.29) is 22.5 Å². The summed E-state index contributed by atoms with van der Waals surface area (Å²) >= 11 is 0. The van der Waals surface area contributed by atoms with Crippen LogP contribution in [0, 0.1) is 13.8 Å². The quantitative estimate of drug-likeness (QED) is 0.787. The molecule has 102 valence electrons. The molecule has 7 nitrogen and oxygen atoms in total. The topological polar surface area (TPSA) is 98.5 Å². The maximum atomic E-state index is 11.9. The Morgan fingerprint density at radius 2 is 2.06 bits per heavy atom. The molecule has 1 rings (SSSR count). The molecule has 18 heavy (non-hydrogen) atoms. The van der Waals surface area contributed by atoms with Crippen LogP contribution in [0.25, 0.3) is 0 Å². The Morgan fingerprint density at radius 1 is 1.44 bits per heavy atom. The summed E-state index contributed by atoms with van der Waals surface area (Å²) in [6.45, 7) is 5.93. The van der Waals surface area contributed by atoms with Crippen LogP contribution in [-0.4, -0.2) is 32.2 Å². The average Bonchev–Trinajstić information content (AvgIpc) is 2.55. The summed E-state index contributed by atoms with van der Waals surface area (Å²) in [5.74, 6) is -0.461. The van der Waals surface area contributed by atoms with Crippen molar-refractivity contribution in [3.8, 4) is 0 Å². The van der Waals surface area contributed by atoms with E-state index in [1.807, 2.05) is 0 Å². The molecule has 1 aromatic heterocycles. The van der Waals surface area contributed by atoms with Gasteiger partial charge in [0, 0.05) is 0 Å². The third-order valence-electron chi connectivity index (χ3n) is 2.01. The zero-order chi connectivity index (χ0) is 13.9. The predicted octanol–water partition coefficient (Wildman–Crippen LogP) is 0.521. The molecule has 1 heterocycles. The first kappa shape index (κ1) is 14.7. The molecule has 0 aliphatic rings. The van der Waals surface area contributed by atoms with Gasteiger partial charge >= 0.3 is 5.97 Å². The maximum Gasteiger partial charge on any atom is 0.321 e. The number of aryl methyl sites for hydroxylation is 2. The molecular weight excluding hydrogens is 260 g/mol. The number of hydrogen-bond donors (Lipinski definition) is 1. The summed E-state index contributed by atoms with van der Waals surface area (Å²) in [7, 11) is -3.82. The van der Waals surface area contributed by atoms with Crippen LogP contribution in [0.15, 0.2) is 9.42 Å². The lowest BCUT2D eigenvalue weighted by Crippen LogP contribution is -2.32. The van der Waals surface area contributed by atoms with Crippen molar-refractivity contribution in [1.82, 2.24) is 9.88 Å². The van der Waals surface area contributed by atoms with Crippen LogP contribution in [0.4, 0.5) is 0 Å². The van der Waals surface area contributed by atoms with Gasteiger partial charge in [0.05, 0.1) is 6.10 Å². The third kappa shape index (κ3) is 3.54. The highest BCUT2D eigenvalue weighted by molar-refractivity contribution is 7.89. The van der Waals surface area contributed by atoms with Gasteiger partial charge in [0.15, 0.2) is 5.76 Å². The molecule has 0 aliphatic carbocycles. The minimum absolute atomic E-state index is 0.0418. The van der Waals surface area contributed by atoms with Gasteiger partial charge < -0.3 is 9.26 Å². The van der Waals surface area contributed by atoms with Crippen molar-refractivity contribution < 1.29 is 22.5 Å². The number of aromatic nitrogens is 1. The van der Waals surface area contributed by atoms with E-state index < -0.39 is 22.5 Å². The van der Waals surface area contributed by atoms with Crippen molar-refractivity contribution in [3.05, 3.63) is 11.5 Å². The normalized spacial score (nSPS) is 11.8. The van der Waals surface area contributed by atoms with E-state index in [9.17, 15) is 13.2 Å². The fraction of sp³-hybridized carbons (Fsp3) is 0.600. The van der Waals surface area contributed by atoms with Crippen molar-refractivity contribution in [2.24, 2.45) is 0 Å². The lowest BCUT2D eigenvalue weighted by molar-refractivity contribution is -0.145. The number of hydrogen-bond acceptors (Lipinski definition) is 6. The Balaban J connectivity index is 2.75. The van der Waals surface area contributed by atoms with E-state index in [1.165, 1.54) is 13.8 Å². The second kappa shape index (κ2) is 5.49. The van der Waals surface area contributed by atoms with E-state index in [0.29, 0.717) is 0 Å². The zero-order valence-corrected chi connectivity index (χ0v) is 11.5. The molecule has 1 aromatic rings. The monoisotopic (exact) mass is 276 g/mol. The van der Waals surface area contributed by atoms with Crippen molar-refractivity contribution in [3.63, 3.8) is 0 Å². The van der Waals surface area contributed by atoms with Gasteiger partial charge in [-0.2, -0.15) is 4.72 Å². The molecule has 0 radical (unpaired) electrons. The molecular formula is C10H16N2O5S. The van der Waals surface area contributed by atoms with Crippen LogP contribution in [0.5, 0.6) is 0 Å². The van der Waals surface area contributed by atoms with Gasteiger partial charge in [-0.25, -0.2) is 8.42 Å². The Labute approximate surface area is 106 Å². The summed E-state index contributed by atoms with van der Waals surface area (Å²) in [5, 5.41) is 3.55. The minimum Gasteiger partial charge on any atom is -0.462 e. The van der Waals surface area contributed by atoms with Crippen molar-refractivity contribution >= 4 is 16.0 Å². The maximum absolute atomic E-state index is 11.9. The van der Waals surface area contributed by atoms with Crippen LogP contribution in [0.3, 0.4) is 0 Å². The number of sulfonamides is 1. The first-order chi connectivity index (χ1) is 8.24. The van der Waals surface area contributed by atoms with Crippen molar-refractivity contribution in [2.45, 2.75) is 38.7 Å². The van der Waals surface area contributed by atoms with Gasteiger partial charge in [0.2, 0.25) is 10.0 Å². The number of carbonyl (C=O) groups excluding carboxylic acids is 1. The Bertz CT molecular complexity index is 513. The molecule has 0 spiro atoms. The molecule has 1 N–H and O–H groups in total. The van der Waals surface area contributed by atoms with E-state index in [4.69, 9.17) is 9.26 Å². The summed E-state index contributed by atoms with van der Waals surface area (Å²) in [4.78, 5) is 11.2. The fourth-order valence-corrected chi connectivity index (χ4v) is 2.68. The van der Waals surface area contributed by atoms with E-state index >= 15 is 0 Å². The predicted molar refractivity (Wildman–Crippen MR) is 62.4 cm³/mol. The van der Waals surface area contributed by atoms with Crippen LogP contribution < -0.4 is 4.72 Å². The van der Waals surface area contributed by atoms with Crippen LogP contribution in [0.2, 0.25) is 0 Å². The SMILES string of the molecule is Cc1noc(C)c1S(=O)(=O)NCC(=O)OC(C)C. The van der Waals surface area contributed by atoms with Gasteiger partial charge in [-0.1, -0.05) is 5.16 Å². The number of rotatable bonds is 5. The summed E-state index contributed by atoms with van der Waals surface area (Å²) in [5.41, 5.74) is 0.247. The van der Waals surface area contributed by atoms with E-state index in [1.54, 1.807) is 13.8 Å². The number of carbonyl (C=O) groups is 1. The fourth-order valence-electron chi connectivity index (χ4n) is 1.39. The smallest absolute Gasteiger partial charge is 0.321 e. The number of ether oxygens (including phenoxy) is 1. The lowest BCUT2D eigenvalue weighted by atomic mass is 10.4. The number of esters is 1. The standard InChI is InChI=1S/C10H16N2O5S/c1-6(2)16-9(13)5-11-18(14,15)10-7(3)12-17-8(10)4/h6,11H,5H2,1-4H3. The number of nitrogens with one attached hydrogen (secondary N) is 1. The molecule has 0 atom stereocenters. The molecule has 0 saturated carbocycles. The second-order valence-corrected chi connectivity index (χ2v) is 5.72. The van der Waals surface area contributed by atoms with Crippen LogP contribution >= 0.6 is 0 Å². The molecule has 0 saturated heterocycles. The van der Waals surface area contributed by atoms with Crippen LogP contribution in [-0.2, 0) is 19.6 Å². The van der Waals surface area contributed by atoms with Gasteiger partial charge in [0.1, 0.15) is 17.1 Å². The van der Waals surface area contributed by atoms with E-state index in [2.05, 4.69) is 9.88 Å². The molecule has 0 amide bonds. The highest BCUT2D eigenvalue weighted by atomic mass is 32.2. The van der Waals surface area contributed by atoms with Gasteiger partial charge in [-0.15, -0.1) is 0 Å². The lowest BCUT2D eigenvalue weighted by Gasteiger charge is -2.09. The molecule has 0 aliphatic heterocycles. The summed E-state index contributed by atoms with van der Waals surface area (Å²) < 4.78 is 35.5. The molecule has 0 bridgehead atoms. The Morgan fingerprint density at radius 3 is 2.50 bits per heavy atom. The van der Waals surface area contributed by atoms with Gasteiger partial charge in [-0.05, 0) is 27.7 Å². The van der Waals surface area contributed by atoms with Crippen molar-refractivity contribution in [1.29, 1.82) is 0 Å². The molecule has 0 fully saturated rings. The van der Waals surface area contributed by atoms with Gasteiger partial charge in [0.25, 0.3) is 0 Å². The first-order valence-electron chi connectivity index (χ1n) is 5.36. The largest absolute Gasteiger partial charge is 0.462 e. The highest BCUT2D eigenvalue weighted by Gasteiger charge is 2.24. The average molecular weight is 276 g/mol. The van der Waals surface area contributed by atoms with E-state index in [0.717, 1.165) is 0 Å². The molecule has 8 heteroatoms. The first-order valence-corrected chi connectivity index (χ1v) is 6.84. The van der Waals surface area contributed by atoms with Crippen molar-refractivity contribution in [2.75, 3.05) is 6.54 Å². The van der Waals surface area contributed by atoms with Crippen LogP contribution in [0.1, 0.15) is 25.3 Å². The summed E-state index contributed by atoms with van der Waals surface area (Å²) in [6, 6.07) is 0. The number of nitrogens with zero attached hydrogens (tertiary/aromatic N) is 1. The zero-order valence-electron chi connectivity index (χ0n) is 10.7. The molecule has 0 aromatic carbocycles. The Kier molecular flexibility index (Phi) is 4.47. The highest BCUT2D eigenvalue weighted by Crippen LogP contribution is 2.18. The Hall–Kier alpha value is -1.41. The second-order valence-electron chi connectivity index (χ2n) is 4.02. The third-order valence-corrected chi connectivity index (χ3v) is 3.65.